The molecule has 6 heteroatoms. The minimum atomic E-state index is -2.53. The van der Waals surface area contributed by atoms with E-state index in [1.807, 2.05) is 6.08 Å². The summed E-state index contributed by atoms with van der Waals surface area (Å²) in [6.07, 6.45) is 10.4. The number of aryl methyl sites for hydroxylation is 1. The van der Waals surface area contributed by atoms with Crippen LogP contribution in [0.1, 0.15) is 92.6 Å². The highest BCUT2D eigenvalue weighted by Crippen LogP contribution is 2.52. The van der Waals surface area contributed by atoms with E-state index < -0.39 is 16.6 Å². The summed E-state index contributed by atoms with van der Waals surface area (Å²) < 4.78 is 20.7. The van der Waals surface area contributed by atoms with Crippen molar-refractivity contribution in [1.82, 2.24) is 0 Å². The molecule has 1 aliphatic carbocycles. The number of allylic oxidation sites excluding steroid dienone is 2. The smallest absolute Gasteiger partial charge is 0.261 e. The second-order valence-corrected chi connectivity index (χ2v) is 25.2. The lowest BCUT2D eigenvalue weighted by Crippen LogP contribution is -2.66. The third kappa shape index (κ3) is 8.27. The molecule has 0 aliphatic heterocycles. The molecule has 3 aromatic rings. The molecule has 2 atom stereocenters. The van der Waals surface area contributed by atoms with E-state index in [4.69, 9.17) is 13.3 Å². The monoisotopic (exact) mass is 670 g/mol. The molecule has 0 saturated heterocycles. The molecule has 1 aliphatic rings. The standard InChI is InChI=1S/C41H58O4Si2/c1-32(42)20-19-30-41(8)36(27-29-38(41)45-46(9,10)39(2,3)4)37-28-26-33(44-37)21-17-18-31-43-47(40(5,6)7,34-22-13-11-14-23-34)35-24-15-12-16-25-35/h11-16,19-20,22-28,38H,17-18,21,29-31H2,1-10H3/b20-19+/t38-,41+/m1/s1. The topological polar surface area (TPSA) is 48.7 Å². The van der Waals surface area contributed by atoms with Gasteiger partial charge in [-0.05, 0) is 89.9 Å². The van der Waals surface area contributed by atoms with Crippen molar-refractivity contribution in [2.45, 2.75) is 117 Å². The number of hydrogen-bond acceptors (Lipinski definition) is 4. The summed E-state index contributed by atoms with van der Waals surface area (Å²) >= 11 is 0. The summed E-state index contributed by atoms with van der Waals surface area (Å²) in [7, 11) is -4.53. The average molecular weight is 671 g/mol. The molecule has 2 aromatic carbocycles. The van der Waals surface area contributed by atoms with Crippen LogP contribution >= 0.6 is 0 Å². The van der Waals surface area contributed by atoms with Crippen molar-refractivity contribution in [3.05, 3.63) is 103 Å². The van der Waals surface area contributed by atoms with Crippen molar-refractivity contribution < 1.29 is 18.1 Å². The fraction of sp³-hybridized carbons (Fsp3) is 0.488. The zero-order valence-electron chi connectivity index (χ0n) is 30.6. The number of hydrogen-bond donors (Lipinski definition) is 0. The fourth-order valence-corrected chi connectivity index (χ4v) is 12.8. The molecule has 0 spiro atoms. The quantitative estimate of drug-likeness (QED) is 0.0973. The first-order valence-corrected chi connectivity index (χ1v) is 22.2. The SMILES string of the molecule is CC(=O)/C=C/C[C@@]1(C)C(c2ccc(CCCCO[Si](c3ccccc3)(c3ccccc3)C(C)(C)C)o2)=CC[C@H]1O[Si](C)(C)C(C)(C)C. The molecular formula is C41H58O4Si2. The average Bonchev–Trinajstić information content (AvgIpc) is 3.58. The van der Waals surface area contributed by atoms with E-state index in [9.17, 15) is 4.79 Å². The van der Waals surface area contributed by atoms with Gasteiger partial charge in [0.15, 0.2) is 14.1 Å². The van der Waals surface area contributed by atoms with Crippen LogP contribution in [0.25, 0.3) is 5.57 Å². The maximum absolute atomic E-state index is 11.8. The van der Waals surface area contributed by atoms with E-state index in [1.54, 1.807) is 13.0 Å². The normalized spacial score (nSPS) is 19.4. The first-order chi connectivity index (χ1) is 22.0. The first-order valence-electron chi connectivity index (χ1n) is 17.4. The number of carbonyl (C=O) groups is 1. The minimum absolute atomic E-state index is 0.0287. The van der Waals surface area contributed by atoms with Crippen LogP contribution in [0.2, 0.25) is 23.2 Å². The Morgan fingerprint density at radius 3 is 2.02 bits per heavy atom. The molecule has 0 N–H and O–H groups in total. The Hall–Kier alpha value is -2.78. The van der Waals surface area contributed by atoms with Crippen LogP contribution in [0.3, 0.4) is 0 Å². The molecule has 47 heavy (non-hydrogen) atoms. The maximum Gasteiger partial charge on any atom is 0.261 e. The predicted molar refractivity (Wildman–Crippen MR) is 202 cm³/mol. The largest absolute Gasteiger partial charge is 0.461 e. The van der Waals surface area contributed by atoms with Crippen molar-refractivity contribution in [1.29, 1.82) is 0 Å². The molecule has 0 bridgehead atoms. The summed E-state index contributed by atoms with van der Waals surface area (Å²) in [6.45, 7) is 23.1. The Kier molecular flexibility index (Phi) is 11.6. The minimum Gasteiger partial charge on any atom is -0.461 e. The van der Waals surface area contributed by atoms with Gasteiger partial charge in [-0.25, -0.2) is 0 Å². The van der Waals surface area contributed by atoms with Gasteiger partial charge < -0.3 is 13.3 Å². The molecule has 1 heterocycles. The van der Waals surface area contributed by atoms with Gasteiger partial charge >= 0.3 is 0 Å². The highest BCUT2D eigenvalue weighted by atomic mass is 28.4. The zero-order chi connectivity index (χ0) is 34.5. The van der Waals surface area contributed by atoms with Crippen molar-refractivity contribution in [2.24, 2.45) is 5.41 Å². The molecule has 1 aromatic heterocycles. The third-order valence-electron chi connectivity index (χ3n) is 10.5. The second kappa shape index (κ2) is 14.8. The van der Waals surface area contributed by atoms with E-state index in [0.29, 0.717) is 6.61 Å². The van der Waals surface area contributed by atoms with Crippen LogP contribution in [0, 0.1) is 5.41 Å². The van der Waals surface area contributed by atoms with E-state index >= 15 is 0 Å². The van der Waals surface area contributed by atoms with Gasteiger partial charge in [-0.3, -0.25) is 4.79 Å². The molecule has 254 valence electrons. The number of rotatable bonds is 14. The fourth-order valence-electron chi connectivity index (χ4n) is 6.74. The Balaban J connectivity index is 1.46. The molecule has 4 rings (SSSR count). The second-order valence-electron chi connectivity index (χ2n) is 16.1. The summed E-state index contributed by atoms with van der Waals surface area (Å²) in [5.74, 6) is 1.99. The van der Waals surface area contributed by atoms with Gasteiger partial charge in [-0.1, -0.05) is 121 Å². The summed E-state index contributed by atoms with van der Waals surface area (Å²) in [4.78, 5) is 11.8. The van der Waals surface area contributed by atoms with Gasteiger partial charge in [0.2, 0.25) is 0 Å². The van der Waals surface area contributed by atoms with Crippen LogP contribution in [0.5, 0.6) is 0 Å². The van der Waals surface area contributed by atoms with Crippen LogP contribution < -0.4 is 10.4 Å². The van der Waals surface area contributed by atoms with E-state index in [1.165, 1.54) is 15.9 Å². The highest BCUT2D eigenvalue weighted by molar-refractivity contribution is 6.99. The summed E-state index contributed by atoms with van der Waals surface area (Å²) in [5.41, 5.74) is 0.913. The van der Waals surface area contributed by atoms with Crippen LogP contribution in [0.4, 0.5) is 0 Å². The Labute approximate surface area is 286 Å². The van der Waals surface area contributed by atoms with Crippen molar-refractivity contribution in [3.63, 3.8) is 0 Å². The maximum atomic E-state index is 11.8. The lowest BCUT2D eigenvalue weighted by atomic mass is 9.77. The number of furan rings is 1. The van der Waals surface area contributed by atoms with Crippen molar-refractivity contribution in [2.75, 3.05) is 6.61 Å². The molecule has 0 fully saturated rings. The van der Waals surface area contributed by atoms with Crippen LogP contribution in [0.15, 0.2) is 95.4 Å². The van der Waals surface area contributed by atoms with E-state index in [-0.39, 0.29) is 27.4 Å². The number of unbranched alkanes of at least 4 members (excludes halogenated alkanes) is 1. The third-order valence-corrected chi connectivity index (χ3v) is 20.0. The highest BCUT2D eigenvalue weighted by Gasteiger charge is 2.50. The van der Waals surface area contributed by atoms with Gasteiger partial charge in [-0.2, -0.15) is 0 Å². The van der Waals surface area contributed by atoms with Crippen LogP contribution in [-0.2, 0) is 20.1 Å². The molecule has 4 nitrogen and oxygen atoms in total. The lowest BCUT2D eigenvalue weighted by Gasteiger charge is -2.43. The van der Waals surface area contributed by atoms with Gasteiger partial charge in [0, 0.05) is 18.4 Å². The Bertz CT molecular complexity index is 1480. The molecule has 0 unspecified atom stereocenters. The number of benzene rings is 2. The molecule has 0 saturated carbocycles. The predicted octanol–water partition coefficient (Wildman–Crippen LogP) is 9.90. The summed E-state index contributed by atoms with van der Waals surface area (Å²) in [6, 6.07) is 26.0. The van der Waals surface area contributed by atoms with E-state index in [0.717, 1.165) is 43.6 Å². The zero-order valence-corrected chi connectivity index (χ0v) is 32.6. The number of ketones is 1. The Morgan fingerprint density at radius 2 is 1.49 bits per heavy atom. The van der Waals surface area contributed by atoms with Crippen LogP contribution in [-0.4, -0.2) is 35.1 Å². The molecule has 0 radical (unpaired) electrons. The van der Waals surface area contributed by atoms with Gasteiger partial charge in [0.05, 0.1) is 6.10 Å². The van der Waals surface area contributed by atoms with Gasteiger partial charge in [0.1, 0.15) is 11.5 Å². The van der Waals surface area contributed by atoms with E-state index in [2.05, 4.69) is 140 Å². The summed E-state index contributed by atoms with van der Waals surface area (Å²) in [5, 5.41) is 2.72. The van der Waals surface area contributed by atoms with Crippen molar-refractivity contribution >= 4 is 38.4 Å². The Morgan fingerprint density at radius 1 is 0.894 bits per heavy atom. The van der Waals surface area contributed by atoms with Gasteiger partial charge in [0.25, 0.3) is 8.32 Å². The van der Waals surface area contributed by atoms with Crippen molar-refractivity contribution in [3.8, 4) is 0 Å². The number of carbonyl (C=O) groups excluding carboxylic acids is 1. The van der Waals surface area contributed by atoms with Gasteiger partial charge in [-0.15, -0.1) is 0 Å². The first kappa shape index (κ1) is 37.0. The molecule has 0 amide bonds. The lowest BCUT2D eigenvalue weighted by molar-refractivity contribution is -0.112. The molecular weight excluding hydrogens is 613 g/mol.